The highest BCUT2D eigenvalue weighted by Gasteiger charge is 2.33. The lowest BCUT2D eigenvalue weighted by Crippen LogP contribution is -2.28. The van der Waals surface area contributed by atoms with Crippen LogP contribution in [-0.4, -0.2) is 14.2 Å². The summed E-state index contributed by atoms with van der Waals surface area (Å²) < 4.78 is 11.0. The van der Waals surface area contributed by atoms with Crippen LogP contribution in [0.4, 0.5) is 0 Å². The lowest BCUT2D eigenvalue weighted by Gasteiger charge is -2.34. The topological polar surface area (TPSA) is 54.3 Å². The first-order valence-electron chi connectivity index (χ1n) is 10.9. The molecule has 0 aliphatic carbocycles. The zero-order chi connectivity index (χ0) is 22.5. The molecule has 162 valence electrons. The molecule has 1 atom stereocenters. The van der Waals surface area contributed by atoms with Gasteiger partial charge in [0.25, 0.3) is 0 Å². The Bertz CT molecular complexity index is 1040. The molecule has 1 heterocycles. The Morgan fingerprint density at radius 3 is 2.16 bits per heavy atom. The van der Waals surface area contributed by atoms with Crippen molar-refractivity contribution in [2.45, 2.75) is 46.5 Å². The smallest absolute Gasteiger partial charge is 0.161 e. The number of nitriles is 1. The molecule has 0 radical (unpaired) electrons. The first-order chi connectivity index (χ1) is 15.0. The number of nitrogens with zero attached hydrogens (tertiary/aromatic N) is 1. The van der Waals surface area contributed by atoms with Crippen molar-refractivity contribution in [2.24, 2.45) is 5.92 Å². The van der Waals surface area contributed by atoms with E-state index in [0.717, 1.165) is 46.5 Å². The summed E-state index contributed by atoms with van der Waals surface area (Å²) in [5.74, 6) is 1.55. The highest BCUT2D eigenvalue weighted by atomic mass is 16.5. The number of benzene rings is 2. The Kier molecular flexibility index (Phi) is 7.07. The van der Waals surface area contributed by atoms with Crippen molar-refractivity contribution >= 4 is 5.57 Å². The highest BCUT2D eigenvalue weighted by Crippen LogP contribution is 2.46. The van der Waals surface area contributed by atoms with Crippen LogP contribution >= 0.6 is 0 Å². The minimum atomic E-state index is -0.138. The predicted molar refractivity (Wildman–Crippen MR) is 126 cm³/mol. The molecule has 2 aromatic carbocycles. The van der Waals surface area contributed by atoms with E-state index in [0.29, 0.717) is 17.4 Å². The van der Waals surface area contributed by atoms with Crippen LogP contribution in [0.5, 0.6) is 11.5 Å². The Morgan fingerprint density at radius 1 is 0.968 bits per heavy atom. The van der Waals surface area contributed by atoms with E-state index in [-0.39, 0.29) is 5.92 Å². The molecule has 0 bridgehead atoms. The molecule has 1 unspecified atom stereocenters. The number of dihydropyridines is 1. The fraction of sp³-hybridized carbons (Fsp3) is 0.370. The second-order valence-corrected chi connectivity index (χ2v) is 8.03. The number of hydrogen-bond acceptors (Lipinski definition) is 4. The Hall–Kier alpha value is -3.19. The predicted octanol–water partition coefficient (Wildman–Crippen LogP) is 6.34. The van der Waals surface area contributed by atoms with Crippen molar-refractivity contribution in [3.63, 3.8) is 0 Å². The van der Waals surface area contributed by atoms with Crippen LogP contribution < -0.4 is 14.8 Å². The number of methoxy groups -OCH3 is 2. The second-order valence-electron chi connectivity index (χ2n) is 8.03. The summed E-state index contributed by atoms with van der Waals surface area (Å²) >= 11 is 0. The van der Waals surface area contributed by atoms with E-state index in [9.17, 15) is 5.26 Å². The van der Waals surface area contributed by atoms with Gasteiger partial charge in [-0.05, 0) is 61.4 Å². The quantitative estimate of drug-likeness (QED) is 0.572. The van der Waals surface area contributed by atoms with Crippen LogP contribution in [0.25, 0.3) is 5.57 Å². The van der Waals surface area contributed by atoms with Crippen LogP contribution in [-0.2, 0) is 0 Å². The molecule has 1 aliphatic heterocycles. The molecule has 0 amide bonds. The van der Waals surface area contributed by atoms with E-state index in [4.69, 9.17) is 9.47 Å². The minimum Gasteiger partial charge on any atom is -0.493 e. The van der Waals surface area contributed by atoms with Crippen molar-refractivity contribution in [2.75, 3.05) is 14.2 Å². The molecule has 0 saturated heterocycles. The van der Waals surface area contributed by atoms with Gasteiger partial charge in [0.1, 0.15) is 0 Å². The minimum absolute atomic E-state index is 0.138. The third-order valence-corrected chi connectivity index (χ3v) is 6.21. The molecule has 2 aromatic rings. The average Bonchev–Trinajstić information content (AvgIpc) is 2.79. The van der Waals surface area contributed by atoms with Crippen molar-refractivity contribution in [1.82, 2.24) is 5.32 Å². The molecule has 0 aromatic heterocycles. The SMILES string of the molecule is CCC(CC)C1=C(C#N)C(c2ccc(C)cc2)C(c2ccc(OC)c(OC)c2)=C(C)N1. The zero-order valence-electron chi connectivity index (χ0n) is 19.4. The maximum Gasteiger partial charge on any atom is 0.161 e. The highest BCUT2D eigenvalue weighted by molar-refractivity contribution is 5.81. The molecule has 0 saturated carbocycles. The van der Waals surface area contributed by atoms with E-state index >= 15 is 0 Å². The molecule has 1 aliphatic rings. The van der Waals surface area contributed by atoms with Crippen LogP contribution in [0.3, 0.4) is 0 Å². The summed E-state index contributed by atoms with van der Waals surface area (Å²) in [7, 11) is 3.28. The molecule has 4 nitrogen and oxygen atoms in total. The van der Waals surface area contributed by atoms with Crippen molar-refractivity contribution in [3.05, 3.63) is 76.1 Å². The van der Waals surface area contributed by atoms with Gasteiger partial charge in [-0.15, -0.1) is 0 Å². The number of rotatable bonds is 7. The first kappa shape index (κ1) is 22.5. The van der Waals surface area contributed by atoms with Crippen LogP contribution in [0.2, 0.25) is 0 Å². The maximum atomic E-state index is 10.3. The molecule has 4 heteroatoms. The van der Waals surface area contributed by atoms with Crippen molar-refractivity contribution in [3.8, 4) is 17.6 Å². The number of ether oxygens (including phenoxy) is 2. The van der Waals surface area contributed by atoms with Crippen LogP contribution in [0, 0.1) is 24.2 Å². The van der Waals surface area contributed by atoms with Gasteiger partial charge < -0.3 is 14.8 Å². The van der Waals surface area contributed by atoms with E-state index < -0.39 is 0 Å². The molecule has 0 fully saturated rings. The fourth-order valence-corrected chi connectivity index (χ4v) is 4.48. The lowest BCUT2D eigenvalue weighted by molar-refractivity contribution is 0.355. The van der Waals surface area contributed by atoms with Gasteiger partial charge in [-0.2, -0.15) is 5.26 Å². The monoisotopic (exact) mass is 416 g/mol. The van der Waals surface area contributed by atoms with Gasteiger partial charge in [-0.25, -0.2) is 0 Å². The van der Waals surface area contributed by atoms with Crippen molar-refractivity contribution < 1.29 is 9.47 Å². The van der Waals surface area contributed by atoms with Gasteiger partial charge in [0, 0.05) is 17.3 Å². The average molecular weight is 417 g/mol. The largest absolute Gasteiger partial charge is 0.493 e. The molecular weight excluding hydrogens is 384 g/mol. The molecular formula is C27H32N2O2. The van der Waals surface area contributed by atoms with Gasteiger partial charge in [0.05, 0.1) is 25.9 Å². The summed E-state index contributed by atoms with van der Waals surface area (Å²) in [6.07, 6.45) is 1.98. The summed E-state index contributed by atoms with van der Waals surface area (Å²) in [5, 5.41) is 13.9. The van der Waals surface area contributed by atoms with Crippen LogP contribution in [0.15, 0.2) is 59.4 Å². The molecule has 31 heavy (non-hydrogen) atoms. The van der Waals surface area contributed by atoms with Gasteiger partial charge >= 0.3 is 0 Å². The first-order valence-corrected chi connectivity index (χ1v) is 10.9. The fourth-order valence-electron chi connectivity index (χ4n) is 4.48. The van der Waals surface area contributed by atoms with Crippen LogP contribution in [0.1, 0.15) is 56.2 Å². The van der Waals surface area contributed by atoms with E-state index in [1.165, 1.54) is 5.56 Å². The second kappa shape index (κ2) is 9.75. The summed E-state index contributed by atoms with van der Waals surface area (Å²) in [6.45, 7) is 8.55. The number of allylic oxidation sites excluding steroid dienone is 4. The normalized spacial score (nSPS) is 16.3. The molecule has 3 rings (SSSR count). The van der Waals surface area contributed by atoms with Crippen molar-refractivity contribution in [1.29, 1.82) is 5.26 Å². The number of aryl methyl sites for hydroxylation is 1. The number of nitrogens with one attached hydrogen (secondary N) is 1. The third kappa shape index (κ3) is 4.32. The van der Waals surface area contributed by atoms with E-state index in [2.05, 4.69) is 63.3 Å². The zero-order valence-corrected chi connectivity index (χ0v) is 19.4. The Balaban J connectivity index is 2.25. The standard InChI is InChI=1S/C27H32N2O2/c1-7-19(8-2)27-22(16-28)26(20-11-9-17(3)10-12-20)25(18(4)29-27)21-13-14-23(30-5)24(15-21)31-6/h9-15,19,26,29H,7-8H2,1-6H3. The molecule has 0 spiro atoms. The Labute approximate surface area is 186 Å². The van der Waals surface area contributed by atoms with Gasteiger partial charge in [0.15, 0.2) is 11.5 Å². The lowest BCUT2D eigenvalue weighted by atomic mass is 9.75. The Morgan fingerprint density at radius 2 is 1.61 bits per heavy atom. The van der Waals surface area contributed by atoms with E-state index in [1.54, 1.807) is 14.2 Å². The third-order valence-electron chi connectivity index (χ3n) is 6.21. The maximum absolute atomic E-state index is 10.3. The van der Waals surface area contributed by atoms with Gasteiger partial charge in [-0.3, -0.25) is 0 Å². The van der Waals surface area contributed by atoms with Gasteiger partial charge in [0.2, 0.25) is 0 Å². The number of hydrogen-bond donors (Lipinski definition) is 1. The van der Waals surface area contributed by atoms with Gasteiger partial charge in [-0.1, -0.05) is 49.7 Å². The van der Waals surface area contributed by atoms with E-state index in [1.807, 2.05) is 18.2 Å². The summed E-state index contributed by atoms with van der Waals surface area (Å²) in [6, 6.07) is 17.0. The summed E-state index contributed by atoms with van der Waals surface area (Å²) in [5.41, 5.74) is 7.36. The molecule has 1 N–H and O–H groups in total. The summed E-state index contributed by atoms with van der Waals surface area (Å²) in [4.78, 5) is 0.